The van der Waals surface area contributed by atoms with Crippen molar-refractivity contribution in [1.82, 2.24) is 10.2 Å². The van der Waals surface area contributed by atoms with E-state index < -0.39 is 5.97 Å². The Kier molecular flexibility index (Phi) is 5.31. The summed E-state index contributed by atoms with van der Waals surface area (Å²) in [5, 5.41) is 12.0. The first-order valence-electron chi connectivity index (χ1n) is 8.51. The summed E-state index contributed by atoms with van der Waals surface area (Å²) in [7, 11) is 0. The van der Waals surface area contributed by atoms with Crippen LogP contribution in [0.4, 0.5) is 0 Å². The molecule has 2 amide bonds. The van der Waals surface area contributed by atoms with Crippen LogP contribution in [-0.2, 0) is 4.79 Å². The standard InChI is InChI=1S/C20H20N2O4/c23-18-10-5-11-22(18)13-17(14-6-2-1-3-7-14)21-19(24)15-8-4-9-16(12-15)20(25)26/h1-4,6-9,12,17H,5,10-11,13H2,(H,21,24)(H,25,26)/t17-/m1/s1. The minimum absolute atomic E-state index is 0.0589. The third-order valence-corrected chi connectivity index (χ3v) is 4.45. The minimum atomic E-state index is -1.08. The molecule has 0 unspecified atom stereocenters. The number of aromatic carboxylic acids is 1. The Hall–Kier alpha value is -3.15. The van der Waals surface area contributed by atoms with Crippen LogP contribution >= 0.6 is 0 Å². The van der Waals surface area contributed by atoms with E-state index >= 15 is 0 Å². The van der Waals surface area contributed by atoms with Crippen molar-refractivity contribution >= 4 is 17.8 Å². The number of hydrogen-bond donors (Lipinski definition) is 2. The Morgan fingerprint density at radius 2 is 1.81 bits per heavy atom. The zero-order valence-corrected chi connectivity index (χ0v) is 14.2. The van der Waals surface area contributed by atoms with E-state index in [2.05, 4.69) is 5.32 Å². The van der Waals surface area contributed by atoms with Gasteiger partial charge in [-0.05, 0) is 30.2 Å². The van der Waals surface area contributed by atoms with E-state index in [0.29, 0.717) is 19.5 Å². The molecule has 1 aliphatic rings. The highest BCUT2D eigenvalue weighted by atomic mass is 16.4. The number of nitrogens with zero attached hydrogens (tertiary/aromatic N) is 1. The molecular weight excluding hydrogens is 332 g/mol. The number of hydrogen-bond acceptors (Lipinski definition) is 3. The molecule has 6 heteroatoms. The Labute approximate surface area is 151 Å². The highest BCUT2D eigenvalue weighted by molar-refractivity contribution is 5.97. The number of carboxylic acid groups (broad SMARTS) is 1. The molecule has 134 valence electrons. The zero-order chi connectivity index (χ0) is 18.5. The summed E-state index contributed by atoms with van der Waals surface area (Å²) in [6.45, 7) is 1.08. The zero-order valence-electron chi connectivity index (χ0n) is 14.2. The van der Waals surface area contributed by atoms with Crippen LogP contribution in [0.3, 0.4) is 0 Å². The Morgan fingerprint density at radius 1 is 1.08 bits per heavy atom. The second kappa shape index (κ2) is 7.82. The lowest BCUT2D eigenvalue weighted by molar-refractivity contribution is -0.128. The summed E-state index contributed by atoms with van der Waals surface area (Å²) in [4.78, 5) is 37.5. The van der Waals surface area contributed by atoms with Crippen LogP contribution in [0.1, 0.15) is 45.2 Å². The van der Waals surface area contributed by atoms with Gasteiger partial charge in [-0.25, -0.2) is 4.79 Å². The van der Waals surface area contributed by atoms with Gasteiger partial charge in [-0.15, -0.1) is 0 Å². The SMILES string of the molecule is O=C(O)c1cccc(C(=O)N[C@H](CN2CCCC2=O)c2ccccc2)c1. The fraction of sp³-hybridized carbons (Fsp3) is 0.250. The van der Waals surface area contributed by atoms with Crippen LogP contribution in [0.15, 0.2) is 54.6 Å². The van der Waals surface area contributed by atoms with Crippen molar-refractivity contribution in [2.45, 2.75) is 18.9 Å². The maximum atomic E-state index is 12.7. The molecular formula is C20H20N2O4. The summed E-state index contributed by atoms with van der Waals surface area (Å²) in [6, 6.07) is 15.0. The number of carbonyl (C=O) groups excluding carboxylic acids is 2. The number of benzene rings is 2. The van der Waals surface area contributed by atoms with Crippen LogP contribution in [0, 0.1) is 0 Å². The molecule has 0 bridgehead atoms. The van der Waals surface area contributed by atoms with E-state index in [1.807, 2.05) is 30.3 Å². The molecule has 2 aromatic carbocycles. The molecule has 0 aromatic heterocycles. The Bertz CT molecular complexity index is 820. The average molecular weight is 352 g/mol. The molecule has 1 fully saturated rings. The van der Waals surface area contributed by atoms with Crippen molar-refractivity contribution in [2.24, 2.45) is 0 Å². The molecule has 0 radical (unpaired) electrons. The van der Waals surface area contributed by atoms with Gasteiger partial charge in [0.15, 0.2) is 0 Å². The van der Waals surface area contributed by atoms with Gasteiger partial charge in [0.2, 0.25) is 5.91 Å². The lowest BCUT2D eigenvalue weighted by atomic mass is 10.0. The second-order valence-electron chi connectivity index (χ2n) is 6.27. The largest absolute Gasteiger partial charge is 0.478 e. The van der Waals surface area contributed by atoms with Gasteiger partial charge in [-0.1, -0.05) is 36.4 Å². The smallest absolute Gasteiger partial charge is 0.335 e. The first kappa shape index (κ1) is 17.7. The fourth-order valence-corrected chi connectivity index (χ4v) is 3.07. The van der Waals surface area contributed by atoms with Gasteiger partial charge in [0.1, 0.15) is 0 Å². The second-order valence-corrected chi connectivity index (χ2v) is 6.27. The topological polar surface area (TPSA) is 86.7 Å². The van der Waals surface area contributed by atoms with E-state index in [0.717, 1.165) is 12.0 Å². The van der Waals surface area contributed by atoms with Crippen LogP contribution < -0.4 is 5.32 Å². The van der Waals surface area contributed by atoms with E-state index in [1.165, 1.54) is 12.1 Å². The molecule has 1 atom stereocenters. The van der Waals surface area contributed by atoms with Crippen LogP contribution in [0.5, 0.6) is 0 Å². The molecule has 1 heterocycles. The highest BCUT2D eigenvalue weighted by Gasteiger charge is 2.25. The molecule has 1 saturated heterocycles. The first-order valence-corrected chi connectivity index (χ1v) is 8.51. The van der Waals surface area contributed by atoms with E-state index in [-0.39, 0.29) is 29.0 Å². The summed E-state index contributed by atoms with van der Waals surface area (Å²) in [5.74, 6) is -1.36. The van der Waals surface area contributed by atoms with Crippen LogP contribution in [0.25, 0.3) is 0 Å². The van der Waals surface area contributed by atoms with Crippen molar-refractivity contribution in [2.75, 3.05) is 13.1 Å². The van der Waals surface area contributed by atoms with Gasteiger partial charge < -0.3 is 15.3 Å². The number of nitrogens with one attached hydrogen (secondary N) is 1. The molecule has 1 aliphatic heterocycles. The summed E-state index contributed by atoms with van der Waals surface area (Å²) in [5.41, 5.74) is 1.23. The Balaban J connectivity index is 1.80. The van der Waals surface area contributed by atoms with Crippen molar-refractivity contribution in [1.29, 1.82) is 0 Å². The molecule has 3 rings (SSSR count). The van der Waals surface area contributed by atoms with Gasteiger partial charge >= 0.3 is 5.97 Å². The van der Waals surface area contributed by atoms with E-state index in [4.69, 9.17) is 5.11 Å². The van der Waals surface area contributed by atoms with Gasteiger partial charge in [-0.2, -0.15) is 0 Å². The molecule has 26 heavy (non-hydrogen) atoms. The third kappa shape index (κ3) is 4.08. The maximum absolute atomic E-state index is 12.7. The van der Waals surface area contributed by atoms with E-state index in [1.54, 1.807) is 17.0 Å². The van der Waals surface area contributed by atoms with E-state index in [9.17, 15) is 14.4 Å². The summed E-state index contributed by atoms with van der Waals surface area (Å²) in [6.07, 6.45) is 1.37. The maximum Gasteiger partial charge on any atom is 0.335 e. The highest BCUT2D eigenvalue weighted by Crippen LogP contribution is 2.19. The van der Waals surface area contributed by atoms with Crippen molar-refractivity contribution < 1.29 is 19.5 Å². The summed E-state index contributed by atoms with van der Waals surface area (Å²) >= 11 is 0. The van der Waals surface area contributed by atoms with Gasteiger partial charge in [0.05, 0.1) is 11.6 Å². The number of carbonyl (C=O) groups is 3. The molecule has 0 saturated carbocycles. The van der Waals surface area contributed by atoms with Crippen molar-refractivity contribution in [3.63, 3.8) is 0 Å². The number of likely N-dealkylation sites (tertiary alicyclic amines) is 1. The predicted octanol–water partition coefficient (Wildman–Crippen LogP) is 2.48. The minimum Gasteiger partial charge on any atom is -0.478 e. The van der Waals surface area contributed by atoms with Gasteiger partial charge in [0, 0.05) is 25.1 Å². The fourth-order valence-electron chi connectivity index (χ4n) is 3.07. The van der Waals surface area contributed by atoms with Gasteiger partial charge in [-0.3, -0.25) is 9.59 Å². The van der Waals surface area contributed by atoms with Gasteiger partial charge in [0.25, 0.3) is 5.91 Å². The number of carboxylic acids is 1. The monoisotopic (exact) mass is 352 g/mol. The molecule has 6 nitrogen and oxygen atoms in total. The first-order chi connectivity index (χ1) is 12.5. The normalized spacial score (nSPS) is 14.9. The molecule has 0 spiro atoms. The Morgan fingerprint density at radius 3 is 2.46 bits per heavy atom. The molecule has 0 aliphatic carbocycles. The predicted molar refractivity (Wildman–Crippen MR) is 95.9 cm³/mol. The van der Waals surface area contributed by atoms with Crippen molar-refractivity contribution in [3.05, 3.63) is 71.3 Å². The lowest BCUT2D eigenvalue weighted by Crippen LogP contribution is -2.38. The lowest BCUT2D eigenvalue weighted by Gasteiger charge is -2.25. The number of amides is 2. The van der Waals surface area contributed by atoms with Crippen molar-refractivity contribution in [3.8, 4) is 0 Å². The quantitative estimate of drug-likeness (QED) is 0.836. The summed E-state index contributed by atoms with van der Waals surface area (Å²) < 4.78 is 0. The average Bonchev–Trinajstić information content (AvgIpc) is 3.06. The third-order valence-electron chi connectivity index (χ3n) is 4.45. The van der Waals surface area contributed by atoms with Crippen LogP contribution in [-0.4, -0.2) is 40.9 Å². The molecule has 2 N–H and O–H groups in total. The number of rotatable bonds is 6. The molecule has 2 aromatic rings. The van der Waals surface area contributed by atoms with Crippen LogP contribution in [0.2, 0.25) is 0 Å².